The van der Waals surface area contributed by atoms with Gasteiger partial charge in [0.05, 0.1) is 18.7 Å². The molecule has 1 aromatic heterocycles. The number of nitrogens with zero attached hydrogens (tertiary/aromatic N) is 3. The number of aromatic nitrogens is 1. The van der Waals surface area contributed by atoms with Crippen molar-refractivity contribution in [2.45, 2.75) is 31.4 Å². The number of benzene rings is 1. The van der Waals surface area contributed by atoms with E-state index in [1.165, 1.54) is 28.4 Å². The minimum Gasteiger partial charge on any atom is -0.463 e. The van der Waals surface area contributed by atoms with E-state index in [4.69, 9.17) is 16.3 Å². The van der Waals surface area contributed by atoms with Gasteiger partial charge in [-0.1, -0.05) is 17.7 Å². The molecule has 182 valence electrons. The Hall–Kier alpha value is -2.47. The van der Waals surface area contributed by atoms with Crippen LogP contribution in [0, 0.1) is 5.82 Å². The third kappa shape index (κ3) is 5.12. The minimum atomic E-state index is -3.29. The number of carbonyl (C=O) groups is 1. The fourth-order valence-electron chi connectivity index (χ4n) is 3.92. The lowest BCUT2D eigenvalue weighted by atomic mass is 9.94. The first-order valence-corrected chi connectivity index (χ1v) is 11.8. The molecule has 34 heavy (non-hydrogen) atoms. The molecule has 3 heterocycles. The zero-order valence-corrected chi connectivity index (χ0v) is 19.7. The highest BCUT2D eigenvalue weighted by Gasteiger charge is 2.44. The molecule has 0 saturated carbocycles. The molecule has 2 aliphatic rings. The summed E-state index contributed by atoms with van der Waals surface area (Å²) >= 11 is 7.62. The van der Waals surface area contributed by atoms with Gasteiger partial charge in [-0.25, -0.2) is 22.9 Å². The van der Waals surface area contributed by atoms with Gasteiger partial charge >= 0.3 is 5.97 Å². The summed E-state index contributed by atoms with van der Waals surface area (Å²) in [7, 11) is 0. The molecule has 0 spiro atoms. The average molecular weight is 515 g/mol. The van der Waals surface area contributed by atoms with Gasteiger partial charge in [0.2, 0.25) is 0 Å². The molecule has 12 heteroatoms. The Balaban J connectivity index is 1.80. The molecular weight excluding hydrogens is 493 g/mol. The number of piperidine rings is 1. The SMILES string of the molecule is CCOC(=O)C1=C(CN2CC[C@@H](O)C(F)(F)C2)NC(c2nccs2)=NC1c1ccc(F)cc1Cl. The third-order valence-corrected chi connectivity index (χ3v) is 6.64. The van der Waals surface area contributed by atoms with E-state index in [0.29, 0.717) is 22.1 Å². The number of likely N-dealkylation sites (tertiary alicyclic amines) is 1. The number of halogens is 4. The lowest BCUT2D eigenvalue weighted by molar-refractivity contribution is -0.148. The Bertz CT molecular complexity index is 1130. The van der Waals surface area contributed by atoms with E-state index in [0.717, 1.165) is 6.07 Å². The van der Waals surface area contributed by atoms with E-state index in [1.807, 2.05) is 0 Å². The second kappa shape index (κ2) is 10.0. The molecule has 2 aliphatic heterocycles. The molecule has 0 aliphatic carbocycles. The molecule has 0 bridgehead atoms. The first kappa shape index (κ1) is 24.6. The number of esters is 1. The van der Waals surface area contributed by atoms with Crippen LogP contribution in [0.25, 0.3) is 0 Å². The Labute approximate surface area is 202 Å². The van der Waals surface area contributed by atoms with E-state index in [9.17, 15) is 23.1 Å². The zero-order valence-electron chi connectivity index (χ0n) is 18.1. The lowest BCUT2D eigenvalue weighted by Crippen LogP contribution is -2.53. The van der Waals surface area contributed by atoms with Crippen LogP contribution in [0.4, 0.5) is 13.2 Å². The molecule has 2 N–H and O–H groups in total. The summed E-state index contributed by atoms with van der Waals surface area (Å²) < 4.78 is 47.4. The van der Waals surface area contributed by atoms with Gasteiger partial charge in [0, 0.05) is 40.9 Å². The van der Waals surface area contributed by atoms with E-state index >= 15 is 0 Å². The quantitative estimate of drug-likeness (QED) is 0.573. The second-order valence-corrected chi connectivity index (χ2v) is 9.20. The molecular formula is C22H22ClF3N4O3S. The van der Waals surface area contributed by atoms with Crippen LogP contribution in [0.1, 0.15) is 30.0 Å². The highest BCUT2D eigenvalue weighted by atomic mass is 35.5. The largest absolute Gasteiger partial charge is 0.463 e. The van der Waals surface area contributed by atoms with Crippen LogP contribution < -0.4 is 5.32 Å². The maximum Gasteiger partial charge on any atom is 0.338 e. The van der Waals surface area contributed by atoms with Crippen molar-refractivity contribution < 1.29 is 27.8 Å². The average Bonchev–Trinajstić information content (AvgIpc) is 3.31. The number of aliphatic imine (C=N–C) groups is 1. The van der Waals surface area contributed by atoms with Crippen molar-refractivity contribution in [3.63, 3.8) is 0 Å². The van der Waals surface area contributed by atoms with Gasteiger partial charge in [-0.3, -0.25) is 9.89 Å². The smallest absolute Gasteiger partial charge is 0.338 e. The van der Waals surface area contributed by atoms with Crippen LogP contribution in [0.2, 0.25) is 5.02 Å². The maximum atomic E-state index is 14.2. The number of aliphatic hydroxyl groups is 1. The van der Waals surface area contributed by atoms with Crippen molar-refractivity contribution in [1.82, 2.24) is 15.2 Å². The number of hydrogen-bond donors (Lipinski definition) is 2. The van der Waals surface area contributed by atoms with Crippen molar-refractivity contribution in [2.75, 3.05) is 26.2 Å². The van der Waals surface area contributed by atoms with Crippen LogP contribution in [0.3, 0.4) is 0 Å². The first-order chi connectivity index (χ1) is 16.2. The minimum absolute atomic E-state index is 0.0583. The molecule has 2 atom stereocenters. The molecule has 1 unspecified atom stereocenters. The molecule has 2 aromatic rings. The van der Waals surface area contributed by atoms with Gasteiger partial charge in [-0.15, -0.1) is 11.3 Å². The molecule has 0 amide bonds. The second-order valence-electron chi connectivity index (χ2n) is 7.90. The normalized spacial score (nSPS) is 22.8. The van der Waals surface area contributed by atoms with Crippen molar-refractivity contribution in [2.24, 2.45) is 4.99 Å². The topological polar surface area (TPSA) is 87.0 Å². The predicted molar refractivity (Wildman–Crippen MR) is 122 cm³/mol. The van der Waals surface area contributed by atoms with Crippen molar-refractivity contribution in [1.29, 1.82) is 0 Å². The van der Waals surface area contributed by atoms with Gasteiger partial charge in [0.25, 0.3) is 5.92 Å². The molecule has 1 saturated heterocycles. The number of aliphatic hydroxyl groups excluding tert-OH is 1. The lowest BCUT2D eigenvalue weighted by Gasteiger charge is -2.37. The standard InChI is InChI=1S/C22H22ClF3N4O3S/c1-2-33-21(32)17-15(10-30-7-5-16(31)22(25,26)11-30)28-19(20-27-6-8-34-20)29-18(17)13-4-3-12(24)9-14(13)23/h3-4,6,8-9,16,18,31H,2,5,7,10-11H2,1H3,(H,28,29)/t16-,18?/m1/s1. The number of rotatable bonds is 6. The van der Waals surface area contributed by atoms with Crippen LogP contribution in [0.5, 0.6) is 0 Å². The summed E-state index contributed by atoms with van der Waals surface area (Å²) in [4.78, 5) is 23.4. The number of nitrogens with one attached hydrogen (secondary N) is 1. The van der Waals surface area contributed by atoms with E-state index in [1.54, 1.807) is 18.5 Å². The monoisotopic (exact) mass is 514 g/mol. The Morgan fingerprint density at radius 2 is 2.24 bits per heavy atom. The fraction of sp³-hybridized carbons (Fsp3) is 0.409. The molecule has 1 fully saturated rings. The Morgan fingerprint density at radius 3 is 2.88 bits per heavy atom. The number of thiazole rings is 1. The van der Waals surface area contributed by atoms with Gasteiger partial charge in [-0.2, -0.15) is 0 Å². The summed E-state index contributed by atoms with van der Waals surface area (Å²) in [5.41, 5.74) is 0.750. The highest BCUT2D eigenvalue weighted by molar-refractivity contribution is 7.11. The summed E-state index contributed by atoms with van der Waals surface area (Å²) in [5.74, 6) is -4.21. The van der Waals surface area contributed by atoms with Gasteiger partial charge < -0.3 is 15.2 Å². The van der Waals surface area contributed by atoms with Crippen LogP contribution in [0.15, 0.2) is 46.0 Å². The molecule has 4 rings (SSSR count). The van der Waals surface area contributed by atoms with E-state index in [-0.39, 0.29) is 36.7 Å². The number of amidine groups is 1. The summed E-state index contributed by atoms with van der Waals surface area (Å²) in [6, 6.07) is 2.78. The summed E-state index contributed by atoms with van der Waals surface area (Å²) in [6.45, 7) is 1.18. The predicted octanol–water partition coefficient (Wildman–Crippen LogP) is 3.55. The number of hydrogen-bond acceptors (Lipinski definition) is 8. The molecule has 0 radical (unpaired) electrons. The Kier molecular flexibility index (Phi) is 7.27. The van der Waals surface area contributed by atoms with Crippen molar-refractivity contribution >= 4 is 34.7 Å². The summed E-state index contributed by atoms with van der Waals surface area (Å²) in [5, 5.41) is 15.0. The van der Waals surface area contributed by atoms with Crippen molar-refractivity contribution in [3.8, 4) is 0 Å². The van der Waals surface area contributed by atoms with Gasteiger partial charge in [-0.05, 0) is 25.5 Å². The Morgan fingerprint density at radius 1 is 1.44 bits per heavy atom. The van der Waals surface area contributed by atoms with Gasteiger partial charge in [0.15, 0.2) is 10.8 Å². The number of carbonyl (C=O) groups excluding carboxylic acids is 1. The van der Waals surface area contributed by atoms with E-state index < -0.39 is 36.4 Å². The molecule has 1 aromatic carbocycles. The number of alkyl halides is 2. The van der Waals surface area contributed by atoms with Crippen LogP contribution >= 0.6 is 22.9 Å². The number of ether oxygens (including phenoxy) is 1. The van der Waals surface area contributed by atoms with E-state index in [2.05, 4.69) is 15.3 Å². The van der Waals surface area contributed by atoms with Crippen molar-refractivity contribution in [3.05, 3.63) is 62.5 Å². The maximum absolute atomic E-state index is 14.2. The van der Waals surface area contributed by atoms with Crippen LogP contribution in [-0.4, -0.2) is 65.1 Å². The van der Waals surface area contributed by atoms with Gasteiger partial charge in [0.1, 0.15) is 18.0 Å². The fourth-order valence-corrected chi connectivity index (χ4v) is 4.78. The third-order valence-electron chi connectivity index (χ3n) is 5.54. The zero-order chi connectivity index (χ0) is 24.5. The molecule has 7 nitrogen and oxygen atoms in total. The summed E-state index contributed by atoms with van der Waals surface area (Å²) in [6.07, 6.45) is -0.254. The highest BCUT2D eigenvalue weighted by Crippen LogP contribution is 2.37. The first-order valence-electron chi connectivity index (χ1n) is 10.6. The van der Waals surface area contributed by atoms with Crippen LogP contribution in [-0.2, 0) is 9.53 Å².